The van der Waals surface area contributed by atoms with E-state index in [0.717, 1.165) is 17.5 Å². The fourth-order valence-electron chi connectivity index (χ4n) is 5.93. The van der Waals surface area contributed by atoms with Crippen LogP contribution in [0.2, 0.25) is 0 Å². The Hall–Kier alpha value is -1.49. The molecule has 1 N–H and O–H groups in total. The largest absolute Gasteiger partial charge is 0.493 e. The molecule has 195 valence electrons. The van der Waals surface area contributed by atoms with Crippen molar-refractivity contribution < 1.29 is 33.3 Å². The van der Waals surface area contributed by atoms with E-state index in [2.05, 4.69) is 36.2 Å². The summed E-state index contributed by atoms with van der Waals surface area (Å²) in [5.41, 5.74) is -1.61. The molecule has 5 atom stereocenters. The number of carbonyl (C=O) groups is 1. The van der Waals surface area contributed by atoms with Crippen molar-refractivity contribution in [3.05, 3.63) is 23.3 Å². The lowest BCUT2D eigenvalue weighted by molar-refractivity contribution is -0.265. The van der Waals surface area contributed by atoms with Gasteiger partial charge in [-0.2, -0.15) is 0 Å². The van der Waals surface area contributed by atoms with Gasteiger partial charge in [0.25, 0.3) is 0 Å². The number of methoxy groups -OCH3 is 4. The molecule has 2 aliphatic rings. The van der Waals surface area contributed by atoms with Crippen molar-refractivity contribution >= 4 is 16.3 Å². The first-order chi connectivity index (χ1) is 16.5. The van der Waals surface area contributed by atoms with Gasteiger partial charge in [-0.1, -0.05) is 40.5 Å². The molecule has 2 aliphatic heterocycles. The third-order valence-corrected chi connectivity index (χ3v) is 7.84. The van der Waals surface area contributed by atoms with Crippen LogP contribution in [-0.2, 0) is 25.1 Å². The molecule has 35 heavy (non-hydrogen) atoms. The topological polar surface area (TPSA) is 86.7 Å². The average molecular weight is 507 g/mol. The molecule has 8 nitrogen and oxygen atoms in total. The van der Waals surface area contributed by atoms with E-state index in [1.54, 1.807) is 21.3 Å². The second-order valence-corrected chi connectivity index (χ2v) is 11.0. The molecule has 0 aromatic heterocycles. The van der Waals surface area contributed by atoms with Crippen molar-refractivity contribution in [3.8, 4) is 11.5 Å². The van der Waals surface area contributed by atoms with Gasteiger partial charge in [-0.3, -0.25) is 9.69 Å². The summed E-state index contributed by atoms with van der Waals surface area (Å²) in [4.78, 5) is 16.5. The van der Waals surface area contributed by atoms with Crippen LogP contribution < -0.4 is 9.47 Å². The van der Waals surface area contributed by atoms with Crippen LogP contribution in [0.4, 0.5) is 0 Å². The highest BCUT2D eigenvalue weighted by Crippen LogP contribution is 2.55. The van der Waals surface area contributed by atoms with E-state index in [0.29, 0.717) is 24.3 Å². The van der Waals surface area contributed by atoms with E-state index in [9.17, 15) is 9.90 Å². The predicted octanol–water partition coefficient (Wildman–Crippen LogP) is 2.98. The molecular weight excluding hydrogens is 466 g/mol. The maximum atomic E-state index is 14.3. The average Bonchev–Trinajstić information content (AvgIpc) is 2.83. The van der Waals surface area contributed by atoms with Crippen molar-refractivity contribution in [2.24, 2.45) is 5.41 Å². The normalized spacial score (nSPS) is 31.1. The second kappa shape index (κ2) is 10.5. The van der Waals surface area contributed by atoms with Crippen LogP contribution in [-0.4, -0.2) is 84.8 Å². The van der Waals surface area contributed by atoms with E-state index in [1.165, 1.54) is 7.11 Å². The third-order valence-electron chi connectivity index (χ3n) is 7.70. The number of ether oxygens (including phenoxy) is 4. The fraction of sp³-hybridized carbons (Fsp3) is 0.731. The summed E-state index contributed by atoms with van der Waals surface area (Å²) in [7, 11) is 9.36. The molecule has 0 spiro atoms. The summed E-state index contributed by atoms with van der Waals surface area (Å²) < 4.78 is 28.7. The first-order valence-corrected chi connectivity index (χ1v) is 12.6. The van der Waals surface area contributed by atoms with Crippen LogP contribution in [0.3, 0.4) is 0 Å². The zero-order valence-electron chi connectivity index (χ0n) is 22.3. The van der Waals surface area contributed by atoms with E-state index >= 15 is 0 Å². The minimum Gasteiger partial charge on any atom is -0.493 e. The number of fused-ring (bicyclic) bond motifs is 3. The predicted molar refractivity (Wildman–Crippen MR) is 133 cm³/mol. The Bertz CT molecular complexity index is 920. The minimum atomic E-state index is -1.78. The van der Waals surface area contributed by atoms with Gasteiger partial charge in [-0.15, -0.1) is 0 Å². The molecule has 0 bridgehead atoms. The number of rotatable bonds is 9. The van der Waals surface area contributed by atoms with Gasteiger partial charge >= 0.3 is 0 Å². The van der Waals surface area contributed by atoms with Gasteiger partial charge in [-0.05, 0) is 41.5 Å². The van der Waals surface area contributed by atoms with Crippen LogP contribution in [0.1, 0.15) is 64.1 Å². The number of benzene rings is 1. The highest BCUT2D eigenvalue weighted by atomic mass is 28.2. The Kier molecular flexibility index (Phi) is 8.40. The van der Waals surface area contributed by atoms with Gasteiger partial charge in [0.15, 0.2) is 22.7 Å². The summed E-state index contributed by atoms with van der Waals surface area (Å²) in [6.45, 7) is 8.40. The lowest BCUT2D eigenvalue weighted by Gasteiger charge is -2.62. The van der Waals surface area contributed by atoms with Gasteiger partial charge < -0.3 is 28.5 Å². The summed E-state index contributed by atoms with van der Waals surface area (Å²) in [5, 5.41) is 12.1. The first kappa shape index (κ1) is 28.1. The lowest BCUT2D eigenvalue weighted by Crippen LogP contribution is -2.78. The van der Waals surface area contributed by atoms with Crippen LogP contribution in [0, 0.1) is 5.41 Å². The molecule has 2 heterocycles. The number of carbonyl (C=O) groups excluding carboxylic acids is 1. The summed E-state index contributed by atoms with van der Waals surface area (Å²) in [5.74, 6) is 0.733. The number of nitrogens with zero attached hydrogens (tertiary/aromatic N) is 1. The van der Waals surface area contributed by atoms with E-state index < -0.39 is 29.3 Å². The highest BCUT2D eigenvalue weighted by molar-refractivity contribution is 6.00. The number of unbranched alkanes of at least 4 members (excludes halogenated alkanes) is 1. The summed E-state index contributed by atoms with van der Waals surface area (Å²) in [6, 6.07) is 3.19. The molecule has 1 aromatic rings. The number of hydrogen-bond acceptors (Lipinski definition) is 8. The Morgan fingerprint density at radius 1 is 1.14 bits per heavy atom. The molecule has 3 radical (unpaired) electrons. The fourth-order valence-corrected chi connectivity index (χ4v) is 6.15. The number of ketones is 1. The highest BCUT2D eigenvalue weighted by Gasteiger charge is 2.68. The Labute approximate surface area is 212 Å². The van der Waals surface area contributed by atoms with Crippen LogP contribution in [0.25, 0.3) is 0 Å². The molecule has 0 aliphatic carbocycles. The van der Waals surface area contributed by atoms with E-state index in [-0.39, 0.29) is 24.5 Å². The second-order valence-electron chi connectivity index (χ2n) is 10.7. The summed E-state index contributed by atoms with van der Waals surface area (Å²) in [6.07, 6.45) is 1.55. The zero-order valence-corrected chi connectivity index (χ0v) is 23.3. The number of piperidine rings is 1. The molecule has 1 saturated heterocycles. The van der Waals surface area contributed by atoms with Gasteiger partial charge in [0.1, 0.15) is 6.23 Å². The van der Waals surface area contributed by atoms with E-state index in [1.807, 2.05) is 19.1 Å². The molecule has 1 aromatic carbocycles. The molecular formula is C26H40NO7Si. The van der Waals surface area contributed by atoms with Crippen molar-refractivity contribution in [3.63, 3.8) is 0 Å². The van der Waals surface area contributed by atoms with Crippen molar-refractivity contribution in [1.29, 1.82) is 0 Å². The number of Topliss-reactive ketones (excluding diaryl/α,β-unsaturated/α-hetero) is 1. The third kappa shape index (κ3) is 4.44. The van der Waals surface area contributed by atoms with Crippen LogP contribution in [0.15, 0.2) is 12.1 Å². The SMILES string of the molecule is CCCCC1(O)C(=O)C(CO[Si])(OC)C2c3cc(OC)c(OC)cc3C[C@@H](C(C)(C)C)N2C1OC. The van der Waals surface area contributed by atoms with Crippen LogP contribution in [0.5, 0.6) is 11.5 Å². The quantitative estimate of drug-likeness (QED) is 0.512. The molecule has 4 unspecified atom stereocenters. The van der Waals surface area contributed by atoms with Crippen molar-refractivity contribution in [2.75, 3.05) is 35.0 Å². The Balaban J connectivity index is 2.39. The van der Waals surface area contributed by atoms with Gasteiger partial charge in [-0.25, -0.2) is 0 Å². The molecule has 0 saturated carbocycles. The van der Waals surface area contributed by atoms with Crippen molar-refractivity contribution in [1.82, 2.24) is 4.90 Å². The zero-order chi connectivity index (χ0) is 26.2. The standard InChI is InChI=1S/C26H40NO7Si/c1-9-10-11-25(29)22(28)26(33-8,15-34-35)21-17-14-19(31-6)18(30-5)12-16(17)13-20(24(2,3)4)27(21)23(25)32-7/h12,14,20-21,23,29H,9-11,13,15H2,1-8H3/t20-,21?,23?,25?,26?/m0/s1. The van der Waals surface area contributed by atoms with Gasteiger partial charge in [0.05, 0.1) is 26.9 Å². The smallest absolute Gasteiger partial charge is 0.246 e. The summed E-state index contributed by atoms with van der Waals surface area (Å²) >= 11 is 0. The first-order valence-electron chi connectivity index (χ1n) is 12.2. The minimum absolute atomic E-state index is 0.0893. The maximum Gasteiger partial charge on any atom is 0.246 e. The number of aliphatic hydroxyl groups is 1. The maximum absolute atomic E-state index is 14.3. The van der Waals surface area contributed by atoms with Gasteiger partial charge in [0, 0.05) is 20.3 Å². The van der Waals surface area contributed by atoms with E-state index in [4.69, 9.17) is 23.4 Å². The Morgan fingerprint density at radius 3 is 2.26 bits per heavy atom. The Morgan fingerprint density at radius 2 is 1.77 bits per heavy atom. The van der Waals surface area contributed by atoms with Crippen LogP contribution >= 0.6 is 0 Å². The molecule has 9 heteroatoms. The molecule has 0 amide bonds. The van der Waals surface area contributed by atoms with Crippen molar-refractivity contribution in [2.45, 2.75) is 82.9 Å². The lowest BCUT2D eigenvalue weighted by atomic mass is 9.64. The molecule has 1 fully saturated rings. The molecule has 3 rings (SSSR count). The van der Waals surface area contributed by atoms with Gasteiger partial charge in [0.2, 0.25) is 16.3 Å². The monoisotopic (exact) mass is 506 g/mol. The number of hydrogen-bond donors (Lipinski definition) is 1.